The van der Waals surface area contributed by atoms with E-state index >= 15 is 0 Å². The Morgan fingerprint density at radius 1 is 1.42 bits per heavy atom. The number of nitrogens with one attached hydrogen (secondary N) is 1. The lowest BCUT2D eigenvalue weighted by atomic mass is 10.2. The second-order valence-corrected chi connectivity index (χ2v) is 5.35. The van der Waals surface area contributed by atoms with Crippen LogP contribution < -0.4 is 5.32 Å². The molecule has 1 atom stereocenters. The summed E-state index contributed by atoms with van der Waals surface area (Å²) in [6.07, 6.45) is 1.13. The number of aliphatic hydroxyl groups is 1. The molecular weight excluding hydrogens is 265 g/mol. The Morgan fingerprint density at radius 2 is 2.11 bits per heavy atom. The van der Waals surface area contributed by atoms with Gasteiger partial charge in [-0.2, -0.15) is 0 Å². The van der Waals surface area contributed by atoms with E-state index < -0.39 is 6.10 Å². The SMILES string of the molecule is CCCC(O)CNC(=O)CSCc1ccc(F)cc1. The van der Waals surface area contributed by atoms with Gasteiger partial charge in [0.1, 0.15) is 5.82 Å². The molecule has 19 heavy (non-hydrogen) atoms. The van der Waals surface area contributed by atoms with Crippen molar-refractivity contribution in [3.8, 4) is 0 Å². The molecular formula is C14H20FNO2S. The highest BCUT2D eigenvalue weighted by atomic mass is 32.2. The summed E-state index contributed by atoms with van der Waals surface area (Å²) in [7, 11) is 0. The van der Waals surface area contributed by atoms with Gasteiger partial charge in [0, 0.05) is 12.3 Å². The summed E-state index contributed by atoms with van der Waals surface area (Å²) in [5.41, 5.74) is 0.991. The predicted octanol–water partition coefficient (Wildman–Crippen LogP) is 2.34. The lowest BCUT2D eigenvalue weighted by Gasteiger charge is -2.10. The van der Waals surface area contributed by atoms with Gasteiger partial charge in [-0.05, 0) is 24.1 Å². The fourth-order valence-corrected chi connectivity index (χ4v) is 2.38. The minimum atomic E-state index is -0.462. The normalized spacial score (nSPS) is 12.2. The van der Waals surface area contributed by atoms with Gasteiger partial charge in [-0.25, -0.2) is 4.39 Å². The highest BCUT2D eigenvalue weighted by molar-refractivity contribution is 7.99. The van der Waals surface area contributed by atoms with Gasteiger partial charge in [0.2, 0.25) is 5.91 Å². The molecule has 0 fully saturated rings. The van der Waals surface area contributed by atoms with Crippen LogP contribution >= 0.6 is 11.8 Å². The number of carbonyl (C=O) groups excluding carboxylic acids is 1. The number of benzene rings is 1. The van der Waals surface area contributed by atoms with Crippen LogP contribution in [0.3, 0.4) is 0 Å². The average Bonchev–Trinajstić information content (AvgIpc) is 2.39. The smallest absolute Gasteiger partial charge is 0.230 e. The Bertz CT molecular complexity index is 384. The van der Waals surface area contributed by atoms with E-state index in [0.29, 0.717) is 24.5 Å². The summed E-state index contributed by atoms with van der Waals surface area (Å²) in [5.74, 6) is 0.681. The molecule has 106 valence electrons. The van der Waals surface area contributed by atoms with Crippen LogP contribution in [0.4, 0.5) is 4.39 Å². The first-order valence-corrected chi connectivity index (χ1v) is 7.54. The molecule has 3 nitrogen and oxygen atoms in total. The van der Waals surface area contributed by atoms with Crippen LogP contribution in [0, 0.1) is 5.82 Å². The molecule has 2 N–H and O–H groups in total. The summed E-state index contributed by atoms with van der Waals surface area (Å²) in [6.45, 7) is 2.30. The van der Waals surface area contributed by atoms with Crippen molar-refractivity contribution in [1.29, 1.82) is 0 Å². The lowest BCUT2D eigenvalue weighted by molar-refractivity contribution is -0.119. The van der Waals surface area contributed by atoms with Crippen LogP contribution in [0.15, 0.2) is 24.3 Å². The second kappa shape index (κ2) is 8.93. The first kappa shape index (κ1) is 16.0. The maximum absolute atomic E-state index is 12.7. The minimum absolute atomic E-state index is 0.0812. The number of amides is 1. The standard InChI is InChI=1S/C14H20FNO2S/c1-2-3-13(17)8-16-14(18)10-19-9-11-4-6-12(15)7-5-11/h4-7,13,17H,2-3,8-10H2,1H3,(H,16,18). The first-order chi connectivity index (χ1) is 9.11. The number of hydrogen-bond acceptors (Lipinski definition) is 3. The van der Waals surface area contributed by atoms with Crippen molar-refractivity contribution >= 4 is 17.7 Å². The highest BCUT2D eigenvalue weighted by Crippen LogP contribution is 2.12. The second-order valence-electron chi connectivity index (χ2n) is 4.37. The molecule has 1 aromatic carbocycles. The number of halogens is 1. The molecule has 0 heterocycles. The van der Waals surface area contributed by atoms with Crippen molar-refractivity contribution < 1.29 is 14.3 Å². The monoisotopic (exact) mass is 285 g/mol. The molecule has 0 saturated heterocycles. The molecule has 0 radical (unpaired) electrons. The number of rotatable bonds is 8. The summed E-state index contributed by atoms with van der Waals surface area (Å²) < 4.78 is 12.7. The van der Waals surface area contributed by atoms with Crippen molar-refractivity contribution in [3.05, 3.63) is 35.6 Å². The van der Waals surface area contributed by atoms with Crippen LogP contribution in [0.2, 0.25) is 0 Å². The van der Waals surface area contributed by atoms with Crippen molar-refractivity contribution in [2.45, 2.75) is 31.6 Å². The van der Waals surface area contributed by atoms with E-state index in [2.05, 4.69) is 5.32 Å². The van der Waals surface area contributed by atoms with E-state index in [0.717, 1.165) is 12.0 Å². The fourth-order valence-electron chi connectivity index (χ4n) is 1.56. The topological polar surface area (TPSA) is 49.3 Å². The number of carbonyl (C=O) groups is 1. The fraction of sp³-hybridized carbons (Fsp3) is 0.500. The van der Waals surface area contributed by atoms with E-state index in [-0.39, 0.29) is 11.7 Å². The summed E-state index contributed by atoms with van der Waals surface area (Å²) >= 11 is 1.47. The van der Waals surface area contributed by atoms with E-state index in [1.165, 1.54) is 23.9 Å². The van der Waals surface area contributed by atoms with Gasteiger partial charge < -0.3 is 10.4 Å². The zero-order valence-corrected chi connectivity index (χ0v) is 11.9. The molecule has 0 aromatic heterocycles. The molecule has 5 heteroatoms. The summed E-state index contributed by atoms with van der Waals surface area (Å²) in [4.78, 5) is 11.5. The Kier molecular flexibility index (Phi) is 7.52. The van der Waals surface area contributed by atoms with Gasteiger partial charge in [0.05, 0.1) is 11.9 Å². The van der Waals surface area contributed by atoms with Crippen LogP contribution in [0.25, 0.3) is 0 Å². The van der Waals surface area contributed by atoms with Gasteiger partial charge >= 0.3 is 0 Å². The highest BCUT2D eigenvalue weighted by Gasteiger charge is 2.06. The van der Waals surface area contributed by atoms with E-state index in [1.54, 1.807) is 12.1 Å². The molecule has 1 aromatic rings. The Labute approximate surface area is 117 Å². The molecule has 1 rings (SSSR count). The van der Waals surface area contributed by atoms with Gasteiger partial charge in [-0.15, -0.1) is 11.8 Å². The van der Waals surface area contributed by atoms with Crippen LogP contribution in [-0.2, 0) is 10.5 Å². The van der Waals surface area contributed by atoms with Crippen LogP contribution in [-0.4, -0.2) is 29.4 Å². The molecule has 0 saturated carbocycles. The van der Waals surface area contributed by atoms with Crippen molar-refractivity contribution in [2.75, 3.05) is 12.3 Å². The van der Waals surface area contributed by atoms with Crippen molar-refractivity contribution in [1.82, 2.24) is 5.32 Å². The van der Waals surface area contributed by atoms with Gasteiger partial charge in [0.15, 0.2) is 0 Å². The molecule has 0 aliphatic heterocycles. The first-order valence-electron chi connectivity index (χ1n) is 6.38. The lowest BCUT2D eigenvalue weighted by Crippen LogP contribution is -2.33. The number of thioether (sulfide) groups is 1. The quantitative estimate of drug-likeness (QED) is 0.771. The number of hydrogen-bond donors (Lipinski definition) is 2. The maximum Gasteiger partial charge on any atom is 0.230 e. The molecule has 0 aliphatic rings. The van der Waals surface area contributed by atoms with E-state index in [4.69, 9.17) is 0 Å². The number of aliphatic hydroxyl groups excluding tert-OH is 1. The molecule has 0 bridgehead atoms. The zero-order chi connectivity index (χ0) is 14.1. The average molecular weight is 285 g/mol. The summed E-state index contributed by atoms with van der Waals surface area (Å²) in [6, 6.07) is 6.25. The predicted molar refractivity (Wildman–Crippen MR) is 76.5 cm³/mol. The van der Waals surface area contributed by atoms with Gasteiger partial charge in [-0.3, -0.25) is 4.79 Å². The van der Waals surface area contributed by atoms with Crippen molar-refractivity contribution in [3.63, 3.8) is 0 Å². The zero-order valence-electron chi connectivity index (χ0n) is 11.1. The third-order valence-corrected chi connectivity index (χ3v) is 3.58. The van der Waals surface area contributed by atoms with Gasteiger partial charge in [-0.1, -0.05) is 25.5 Å². The summed E-state index contributed by atoms with van der Waals surface area (Å²) in [5, 5.41) is 12.2. The van der Waals surface area contributed by atoms with Crippen LogP contribution in [0.5, 0.6) is 0 Å². The third kappa shape index (κ3) is 7.18. The largest absolute Gasteiger partial charge is 0.391 e. The molecule has 1 amide bonds. The Balaban J connectivity index is 2.15. The van der Waals surface area contributed by atoms with Crippen molar-refractivity contribution in [2.24, 2.45) is 0 Å². The Hall–Kier alpha value is -1.07. The van der Waals surface area contributed by atoms with Gasteiger partial charge in [0.25, 0.3) is 0 Å². The van der Waals surface area contributed by atoms with E-state index in [1.807, 2.05) is 6.92 Å². The van der Waals surface area contributed by atoms with Crippen LogP contribution in [0.1, 0.15) is 25.3 Å². The molecule has 0 spiro atoms. The Morgan fingerprint density at radius 3 is 2.74 bits per heavy atom. The third-order valence-electron chi connectivity index (χ3n) is 2.57. The van der Waals surface area contributed by atoms with E-state index in [9.17, 15) is 14.3 Å². The molecule has 0 aliphatic carbocycles. The maximum atomic E-state index is 12.7. The minimum Gasteiger partial charge on any atom is -0.391 e. The molecule has 1 unspecified atom stereocenters.